The van der Waals surface area contributed by atoms with E-state index in [1.807, 2.05) is 13.8 Å². The van der Waals surface area contributed by atoms with Crippen LogP contribution in [0.4, 0.5) is 0 Å². The molecule has 2 N–H and O–H groups in total. The van der Waals surface area contributed by atoms with Crippen molar-refractivity contribution in [2.75, 3.05) is 19.6 Å². The van der Waals surface area contributed by atoms with Gasteiger partial charge in [-0.1, -0.05) is 13.8 Å². The summed E-state index contributed by atoms with van der Waals surface area (Å²) in [7, 11) is 0. The predicted octanol–water partition coefficient (Wildman–Crippen LogP) is 1.23. The molecule has 0 aromatic carbocycles. The van der Waals surface area contributed by atoms with E-state index >= 15 is 0 Å². The van der Waals surface area contributed by atoms with Crippen LogP contribution in [0.15, 0.2) is 0 Å². The van der Waals surface area contributed by atoms with Crippen molar-refractivity contribution in [2.45, 2.75) is 32.7 Å². The van der Waals surface area contributed by atoms with Crippen molar-refractivity contribution in [1.82, 2.24) is 10.6 Å². The van der Waals surface area contributed by atoms with Crippen LogP contribution in [-0.4, -0.2) is 25.7 Å². The molecule has 2 rings (SSSR count). The molecule has 1 unspecified atom stereocenters. The largest absolute Gasteiger partial charge is 0.315 e. The molecule has 2 aliphatic heterocycles. The molecule has 2 aliphatic rings. The van der Waals surface area contributed by atoms with Gasteiger partial charge >= 0.3 is 0 Å². The molecule has 2 heteroatoms. The van der Waals surface area contributed by atoms with Crippen LogP contribution in [-0.2, 0) is 0 Å². The highest BCUT2D eigenvalue weighted by atomic mass is 15.0. The summed E-state index contributed by atoms with van der Waals surface area (Å²) >= 11 is 0. The molecular weight excluding hydrogens is 136 g/mol. The lowest BCUT2D eigenvalue weighted by Gasteiger charge is -2.24. The van der Waals surface area contributed by atoms with Crippen LogP contribution in [0.3, 0.4) is 0 Å². The van der Waals surface area contributed by atoms with Crippen molar-refractivity contribution in [3.63, 3.8) is 0 Å². The van der Waals surface area contributed by atoms with Gasteiger partial charge < -0.3 is 10.6 Å². The second-order valence-corrected chi connectivity index (χ2v) is 3.12. The van der Waals surface area contributed by atoms with Crippen LogP contribution in [0, 0.1) is 5.92 Å². The van der Waals surface area contributed by atoms with Crippen LogP contribution in [0.5, 0.6) is 0 Å². The number of fused-ring (bicyclic) bond motifs is 1. The smallest absolute Gasteiger partial charge is 0.0232 e. The monoisotopic (exact) mass is 158 g/mol. The normalized spacial score (nSPS) is 35.5. The zero-order valence-electron chi connectivity index (χ0n) is 7.69. The fourth-order valence-corrected chi connectivity index (χ4v) is 1.93. The van der Waals surface area contributed by atoms with Gasteiger partial charge in [0.25, 0.3) is 0 Å². The summed E-state index contributed by atoms with van der Waals surface area (Å²) in [6.45, 7) is 7.69. The molecule has 0 aliphatic carbocycles. The number of rotatable bonds is 0. The maximum atomic E-state index is 3.52. The van der Waals surface area contributed by atoms with Crippen LogP contribution < -0.4 is 10.6 Å². The lowest BCUT2D eigenvalue weighted by atomic mass is 9.94. The Morgan fingerprint density at radius 1 is 1.27 bits per heavy atom. The molecule has 0 amide bonds. The first-order valence-electron chi connectivity index (χ1n) is 4.91. The second kappa shape index (κ2) is 4.73. The standard InChI is InChI=1S/C7H14N2.C2H6.H2/c1-2-6-4-8-5-7(6)9-3-1;1-2;/h6-9H,1-5H2;1-2H3;1H/t6-,7?;;/m0../s1. The van der Waals surface area contributed by atoms with E-state index in [1.54, 1.807) is 0 Å². The minimum absolute atomic E-state index is 0. The quantitative estimate of drug-likeness (QED) is 0.554. The van der Waals surface area contributed by atoms with Gasteiger partial charge in [0, 0.05) is 14.0 Å². The number of hydrogen-bond donors (Lipinski definition) is 2. The molecule has 0 bridgehead atoms. The van der Waals surface area contributed by atoms with E-state index in [9.17, 15) is 0 Å². The first-order valence-corrected chi connectivity index (χ1v) is 4.91. The highest BCUT2D eigenvalue weighted by Crippen LogP contribution is 2.18. The summed E-state index contributed by atoms with van der Waals surface area (Å²) < 4.78 is 0. The van der Waals surface area contributed by atoms with Gasteiger partial charge in [-0.3, -0.25) is 0 Å². The fourth-order valence-electron chi connectivity index (χ4n) is 1.93. The predicted molar refractivity (Wildman–Crippen MR) is 50.8 cm³/mol. The molecule has 0 saturated carbocycles. The lowest BCUT2D eigenvalue weighted by molar-refractivity contribution is 0.339. The minimum atomic E-state index is 0. The van der Waals surface area contributed by atoms with E-state index < -0.39 is 0 Å². The van der Waals surface area contributed by atoms with Gasteiger partial charge in [-0.05, 0) is 31.8 Å². The van der Waals surface area contributed by atoms with Gasteiger partial charge in [-0.15, -0.1) is 0 Å². The summed E-state index contributed by atoms with van der Waals surface area (Å²) in [4.78, 5) is 0. The van der Waals surface area contributed by atoms with Crippen molar-refractivity contribution in [3.8, 4) is 0 Å². The molecule has 11 heavy (non-hydrogen) atoms. The zero-order chi connectivity index (χ0) is 8.10. The highest BCUT2D eigenvalue weighted by molar-refractivity contribution is 4.89. The van der Waals surface area contributed by atoms with E-state index in [2.05, 4.69) is 10.6 Å². The van der Waals surface area contributed by atoms with Crippen molar-refractivity contribution >= 4 is 0 Å². The summed E-state index contributed by atoms with van der Waals surface area (Å²) in [6.07, 6.45) is 2.81. The van der Waals surface area contributed by atoms with E-state index in [1.165, 1.54) is 32.5 Å². The van der Waals surface area contributed by atoms with Crippen molar-refractivity contribution in [1.29, 1.82) is 0 Å². The molecule has 0 aromatic heterocycles. The Morgan fingerprint density at radius 2 is 2.09 bits per heavy atom. The molecular formula is C9H22N2. The highest BCUT2D eigenvalue weighted by Gasteiger charge is 2.28. The van der Waals surface area contributed by atoms with E-state index in [0.717, 1.165) is 12.0 Å². The van der Waals surface area contributed by atoms with E-state index in [0.29, 0.717) is 0 Å². The summed E-state index contributed by atoms with van der Waals surface area (Å²) in [5, 5.41) is 6.92. The summed E-state index contributed by atoms with van der Waals surface area (Å²) in [6, 6.07) is 0.804. The molecule has 2 nitrogen and oxygen atoms in total. The molecule has 2 saturated heterocycles. The van der Waals surface area contributed by atoms with Gasteiger partial charge in [0.2, 0.25) is 0 Å². The Labute approximate surface area is 71.2 Å². The Morgan fingerprint density at radius 3 is 2.82 bits per heavy atom. The maximum Gasteiger partial charge on any atom is 0.0232 e. The Bertz CT molecular complexity index is 96.7. The average molecular weight is 158 g/mol. The van der Waals surface area contributed by atoms with Gasteiger partial charge in [-0.25, -0.2) is 0 Å². The number of hydrogen-bond acceptors (Lipinski definition) is 2. The van der Waals surface area contributed by atoms with Crippen molar-refractivity contribution < 1.29 is 1.43 Å². The number of nitrogens with one attached hydrogen (secondary N) is 2. The lowest BCUT2D eigenvalue weighted by Crippen LogP contribution is -2.40. The van der Waals surface area contributed by atoms with Crippen LogP contribution in [0.25, 0.3) is 0 Å². The maximum absolute atomic E-state index is 3.52. The Hall–Kier alpha value is -0.0800. The number of piperidine rings is 1. The van der Waals surface area contributed by atoms with Crippen LogP contribution in [0.2, 0.25) is 0 Å². The van der Waals surface area contributed by atoms with E-state index in [4.69, 9.17) is 0 Å². The van der Waals surface area contributed by atoms with Crippen molar-refractivity contribution in [2.24, 2.45) is 5.92 Å². The summed E-state index contributed by atoms with van der Waals surface area (Å²) in [5.74, 6) is 0.943. The molecule has 2 atom stereocenters. The van der Waals surface area contributed by atoms with Crippen LogP contribution in [0.1, 0.15) is 28.1 Å². The fraction of sp³-hybridized carbons (Fsp3) is 1.00. The first kappa shape index (κ1) is 9.01. The third kappa shape index (κ3) is 2.17. The Kier molecular flexibility index (Phi) is 3.87. The molecule has 68 valence electrons. The zero-order valence-corrected chi connectivity index (χ0v) is 7.69. The SMILES string of the molecule is C1CNC2CNC[C@@H]2C1.CC.[HH]. The topological polar surface area (TPSA) is 24.1 Å². The third-order valence-corrected chi connectivity index (χ3v) is 2.50. The third-order valence-electron chi connectivity index (χ3n) is 2.50. The Balaban J connectivity index is 0.000000378. The average Bonchev–Trinajstić information content (AvgIpc) is 2.55. The minimum Gasteiger partial charge on any atom is -0.315 e. The van der Waals surface area contributed by atoms with Crippen molar-refractivity contribution in [3.05, 3.63) is 0 Å². The van der Waals surface area contributed by atoms with E-state index in [-0.39, 0.29) is 1.43 Å². The molecule has 0 spiro atoms. The van der Waals surface area contributed by atoms with Gasteiger partial charge in [0.05, 0.1) is 0 Å². The molecule has 0 aromatic rings. The second-order valence-electron chi connectivity index (χ2n) is 3.12. The molecule has 2 heterocycles. The van der Waals surface area contributed by atoms with Crippen LogP contribution >= 0.6 is 0 Å². The van der Waals surface area contributed by atoms with Gasteiger partial charge in [0.1, 0.15) is 0 Å². The summed E-state index contributed by atoms with van der Waals surface area (Å²) in [5.41, 5.74) is 0. The van der Waals surface area contributed by atoms with Gasteiger partial charge in [0.15, 0.2) is 0 Å². The molecule has 0 radical (unpaired) electrons. The first-order chi connectivity index (χ1) is 5.47. The molecule has 2 fully saturated rings. The van der Waals surface area contributed by atoms with Gasteiger partial charge in [-0.2, -0.15) is 0 Å².